The third kappa shape index (κ3) is 2.14. The minimum absolute atomic E-state index is 0.266. The number of hydrogen-bond donors (Lipinski definition) is 1. The second kappa shape index (κ2) is 4.34. The normalized spacial score (nSPS) is 16.9. The predicted molar refractivity (Wildman–Crippen MR) is 61.1 cm³/mol. The third-order valence-electron chi connectivity index (χ3n) is 2.89. The van der Waals surface area contributed by atoms with E-state index in [1.165, 1.54) is 7.11 Å². The van der Waals surface area contributed by atoms with Gasteiger partial charge in [-0.1, -0.05) is 17.7 Å². The molecule has 86 valence electrons. The number of rotatable bonds is 4. The second-order valence-corrected chi connectivity index (χ2v) is 4.45. The molecule has 1 aliphatic rings. The average Bonchev–Trinajstić information content (AvgIpc) is 3.02. The molecule has 0 spiro atoms. The first-order valence-corrected chi connectivity index (χ1v) is 5.57. The summed E-state index contributed by atoms with van der Waals surface area (Å²) in [6, 6.07) is 5.19. The molecule has 2 rings (SSSR count). The van der Waals surface area contributed by atoms with Crippen molar-refractivity contribution in [2.45, 2.75) is 18.8 Å². The van der Waals surface area contributed by atoms with Crippen molar-refractivity contribution in [3.63, 3.8) is 0 Å². The van der Waals surface area contributed by atoms with Crippen molar-refractivity contribution in [1.29, 1.82) is 0 Å². The summed E-state index contributed by atoms with van der Waals surface area (Å²) in [5, 5.41) is 9.64. The highest BCUT2D eigenvalue weighted by Gasteiger charge is 2.37. The number of ether oxygens (including phenoxy) is 1. The Morgan fingerprint density at radius 3 is 2.69 bits per heavy atom. The Kier molecular flexibility index (Phi) is 3.06. The van der Waals surface area contributed by atoms with Crippen molar-refractivity contribution in [3.05, 3.63) is 28.8 Å². The number of carboxylic acids is 1. The SMILES string of the molecule is COc1ccc(C(C(=O)O)C2CC2)cc1Cl. The van der Waals surface area contributed by atoms with Crippen LogP contribution in [0.4, 0.5) is 0 Å². The van der Waals surface area contributed by atoms with Crippen LogP contribution in [0, 0.1) is 5.92 Å². The lowest BCUT2D eigenvalue weighted by Crippen LogP contribution is -2.13. The molecule has 1 aliphatic carbocycles. The summed E-state index contributed by atoms with van der Waals surface area (Å²) in [5.74, 6) is -0.362. The lowest BCUT2D eigenvalue weighted by Gasteiger charge is -2.13. The standard InChI is InChI=1S/C12H13ClO3/c1-16-10-5-4-8(6-9(10)13)11(12(14)15)7-2-3-7/h4-7,11H,2-3H2,1H3,(H,14,15). The minimum atomic E-state index is -0.774. The Morgan fingerprint density at radius 2 is 2.25 bits per heavy atom. The molecule has 16 heavy (non-hydrogen) atoms. The van der Waals surface area contributed by atoms with E-state index in [2.05, 4.69) is 0 Å². The molecule has 1 unspecified atom stereocenters. The van der Waals surface area contributed by atoms with Gasteiger partial charge in [0.1, 0.15) is 5.75 Å². The summed E-state index contributed by atoms with van der Waals surface area (Å²) in [6.45, 7) is 0. The Morgan fingerprint density at radius 1 is 1.56 bits per heavy atom. The Balaban J connectivity index is 2.31. The molecule has 0 aromatic heterocycles. The van der Waals surface area contributed by atoms with Gasteiger partial charge < -0.3 is 9.84 Å². The van der Waals surface area contributed by atoms with Crippen LogP contribution in [-0.4, -0.2) is 18.2 Å². The molecular weight excluding hydrogens is 228 g/mol. The molecule has 3 nitrogen and oxygen atoms in total. The van der Waals surface area contributed by atoms with E-state index in [0.717, 1.165) is 18.4 Å². The quantitative estimate of drug-likeness (QED) is 0.880. The van der Waals surface area contributed by atoms with Gasteiger partial charge in [-0.15, -0.1) is 0 Å². The molecular formula is C12H13ClO3. The molecule has 4 heteroatoms. The fourth-order valence-corrected chi connectivity index (χ4v) is 2.19. The molecule has 0 aliphatic heterocycles. The van der Waals surface area contributed by atoms with Crippen molar-refractivity contribution >= 4 is 17.6 Å². The molecule has 0 heterocycles. The number of benzene rings is 1. The van der Waals surface area contributed by atoms with Crippen molar-refractivity contribution in [2.24, 2.45) is 5.92 Å². The lowest BCUT2D eigenvalue weighted by molar-refractivity contribution is -0.139. The van der Waals surface area contributed by atoms with Crippen LogP contribution in [-0.2, 0) is 4.79 Å². The molecule has 1 fully saturated rings. The third-order valence-corrected chi connectivity index (χ3v) is 3.19. The van der Waals surface area contributed by atoms with E-state index >= 15 is 0 Å². The zero-order valence-electron chi connectivity index (χ0n) is 8.94. The monoisotopic (exact) mass is 240 g/mol. The maximum atomic E-state index is 11.2. The van der Waals surface area contributed by atoms with Crippen molar-refractivity contribution in [3.8, 4) is 5.75 Å². The average molecular weight is 241 g/mol. The number of methoxy groups -OCH3 is 1. The van der Waals surface area contributed by atoms with Gasteiger partial charge in [0, 0.05) is 0 Å². The summed E-state index contributed by atoms with van der Waals surface area (Å²) in [4.78, 5) is 11.2. The molecule has 0 amide bonds. The van der Waals surface area contributed by atoms with Crippen LogP contribution < -0.4 is 4.74 Å². The molecule has 1 N–H and O–H groups in total. The van der Waals surface area contributed by atoms with Gasteiger partial charge in [0.2, 0.25) is 0 Å². The zero-order chi connectivity index (χ0) is 11.7. The summed E-state index contributed by atoms with van der Waals surface area (Å²) in [5.41, 5.74) is 0.765. The second-order valence-electron chi connectivity index (χ2n) is 4.05. The predicted octanol–water partition coefficient (Wildman–Crippen LogP) is 2.93. The van der Waals surface area contributed by atoms with Gasteiger partial charge in [-0.05, 0) is 36.5 Å². The van der Waals surface area contributed by atoms with Gasteiger partial charge in [0.25, 0.3) is 0 Å². The summed E-state index contributed by atoms with van der Waals surface area (Å²) in [6.07, 6.45) is 1.97. The van der Waals surface area contributed by atoms with Crippen LogP contribution in [0.3, 0.4) is 0 Å². The summed E-state index contributed by atoms with van der Waals surface area (Å²) >= 11 is 5.99. The number of carbonyl (C=O) groups is 1. The van der Waals surface area contributed by atoms with Crippen molar-refractivity contribution < 1.29 is 14.6 Å². The van der Waals surface area contributed by atoms with Crippen LogP contribution in [0.5, 0.6) is 5.75 Å². The largest absolute Gasteiger partial charge is 0.495 e. The maximum Gasteiger partial charge on any atom is 0.311 e. The first kappa shape index (κ1) is 11.3. The van der Waals surface area contributed by atoms with Crippen LogP contribution in [0.1, 0.15) is 24.3 Å². The topological polar surface area (TPSA) is 46.5 Å². The van der Waals surface area contributed by atoms with Gasteiger partial charge >= 0.3 is 5.97 Å². The van der Waals surface area contributed by atoms with E-state index < -0.39 is 11.9 Å². The van der Waals surface area contributed by atoms with Crippen LogP contribution in [0.25, 0.3) is 0 Å². The highest BCUT2D eigenvalue weighted by molar-refractivity contribution is 6.32. The molecule has 1 atom stereocenters. The minimum Gasteiger partial charge on any atom is -0.495 e. The number of carboxylic acid groups (broad SMARTS) is 1. The smallest absolute Gasteiger partial charge is 0.311 e. The van der Waals surface area contributed by atoms with E-state index in [0.29, 0.717) is 10.8 Å². The molecule has 1 saturated carbocycles. The first-order chi connectivity index (χ1) is 7.63. The number of hydrogen-bond acceptors (Lipinski definition) is 2. The first-order valence-electron chi connectivity index (χ1n) is 5.19. The molecule has 0 saturated heterocycles. The van der Waals surface area contributed by atoms with E-state index in [-0.39, 0.29) is 5.92 Å². The number of aliphatic carboxylic acids is 1. The van der Waals surface area contributed by atoms with Crippen LogP contribution >= 0.6 is 11.6 Å². The van der Waals surface area contributed by atoms with E-state index in [4.69, 9.17) is 16.3 Å². The van der Waals surface area contributed by atoms with Gasteiger partial charge in [0.05, 0.1) is 18.1 Å². The highest BCUT2D eigenvalue weighted by Crippen LogP contribution is 2.43. The fourth-order valence-electron chi connectivity index (χ4n) is 1.92. The van der Waals surface area contributed by atoms with Gasteiger partial charge in [-0.25, -0.2) is 0 Å². The molecule has 1 aromatic carbocycles. The van der Waals surface area contributed by atoms with Gasteiger partial charge in [-0.2, -0.15) is 0 Å². The maximum absolute atomic E-state index is 11.2. The molecule has 0 bridgehead atoms. The summed E-state index contributed by atoms with van der Waals surface area (Å²) < 4.78 is 5.04. The highest BCUT2D eigenvalue weighted by atomic mass is 35.5. The zero-order valence-corrected chi connectivity index (χ0v) is 9.70. The van der Waals surface area contributed by atoms with Crippen molar-refractivity contribution in [2.75, 3.05) is 7.11 Å². The van der Waals surface area contributed by atoms with E-state index in [9.17, 15) is 9.90 Å². The van der Waals surface area contributed by atoms with Gasteiger partial charge in [-0.3, -0.25) is 4.79 Å². The number of halogens is 1. The van der Waals surface area contributed by atoms with Crippen LogP contribution in [0.2, 0.25) is 5.02 Å². The van der Waals surface area contributed by atoms with E-state index in [1.807, 2.05) is 0 Å². The van der Waals surface area contributed by atoms with E-state index in [1.54, 1.807) is 18.2 Å². The van der Waals surface area contributed by atoms with Gasteiger partial charge in [0.15, 0.2) is 0 Å². The lowest BCUT2D eigenvalue weighted by atomic mass is 9.94. The Bertz CT molecular complexity index is 413. The van der Waals surface area contributed by atoms with Crippen molar-refractivity contribution in [1.82, 2.24) is 0 Å². The summed E-state index contributed by atoms with van der Waals surface area (Å²) in [7, 11) is 1.54. The Hall–Kier alpha value is -1.22. The van der Waals surface area contributed by atoms with Crippen LogP contribution in [0.15, 0.2) is 18.2 Å². The molecule has 1 aromatic rings. The molecule has 0 radical (unpaired) electrons. The fraction of sp³-hybridized carbons (Fsp3) is 0.417. The Labute approximate surface area is 99.0 Å².